The Bertz CT molecular complexity index is 334. The molecular formula is C11H14F3NO. The summed E-state index contributed by atoms with van der Waals surface area (Å²) >= 11 is 0. The number of aliphatic hydroxyl groups excluding tert-OH is 1. The molecule has 0 heterocycles. The largest absolute Gasteiger partial charge is 0.396 e. The predicted octanol–water partition coefficient (Wildman–Crippen LogP) is 1.82. The van der Waals surface area contributed by atoms with E-state index >= 15 is 0 Å². The van der Waals surface area contributed by atoms with Crippen LogP contribution in [-0.4, -0.2) is 18.3 Å². The number of rotatable bonds is 5. The summed E-state index contributed by atoms with van der Waals surface area (Å²) in [5, 5.41) is 11.7. The molecule has 0 aliphatic carbocycles. The van der Waals surface area contributed by atoms with Gasteiger partial charge in [-0.15, -0.1) is 0 Å². The molecule has 0 aliphatic rings. The fraction of sp³-hybridized carbons (Fsp3) is 0.455. The Morgan fingerprint density at radius 1 is 1.25 bits per heavy atom. The van der Waals surface area contributed by atoms with Crippen LogP contribution in [0.3, 0.4) is 0 Å². The van der Waals surface area contributed by atoms with Gasteiger partial charge in [0, 0.05) is 19.7 Å². The summed E-state index contributed by atoms with van der Waals surface area (Å²) in [5.41, 5.74) is 0.335. The molecule has 0 saturated heterocycles. The lowest BCUT2D eigenvalue weighted by Crippen LogP contribution is -2.22. The van der Waals surface area contributed by atoms with E-state index in [0.29, 0.717) is 12.1 Å². The molecule has 0 saturated carbocycles. The quantitative estimate of drug-likeness (QED) is 0.760. The molecule has 0 radical (unpaired) electrons. The van der Waals surface area contributed by atoms with E-state index in [9.17, 15) is 13.2 Å². The van der Waals surface area contributed by atoms with Crippen LogP contribution in [0.2, 0.25) is 0 Å². The molecule has 16 heavy (non-hydrogen) atoms. The van der Waals surface area contributed by atoms with E-state index in [1.807, 2.05) is 6.92 Å². The summed E-state index contributed by atoms with van der Waals surface area (Å²) in [6, 6.07) is 1.91. The Morgan fingerprint density at radius 2 is 1.81 bits per heavy atom. The third-order valence-electron chi connectivity index (χ3n) is 2.18. The van der Waals surface area contributed by atoms with Crippen LogP contribution in [0.25, 0.3) is 0 Å². The van der Waals surface area contributed by atoms with Crippen LogP contribution in [0.4, 0.5) is 13.2 Å². The highest BCUT2D eigenvalue weighted by molar-refractivity contribution is 5.19. The Labute approximate surface area is 92.1 Å². The van der Waals surface area contributed by atoms with E-state index in [1.165, 1.54) is 0 Å². The predicted molar refractivity (Wildman–Crippen MR) is 54.3 cm³/mol. The van der Waals surface area contributed by atoms with Gasteiger partial charge in [0.2, 0.25) is 0 Å². The average molecular weight is 233 g/mol. The fourth-order valence-corrected chi connectivity index (χ4v) is 1.24. The van der Waals surface area contributed by atoms with Gasteiger partial charge in [0.05, 0.1) is 0 Å². The van der Waals surface area contributed by atoms with Crippen LogP contribution in [0.1, 0.15) is 12.5 Å². The molecule has 2 nitrogen and oxygen atoms in total. The van der Waals surface area contributed by atoms with Crippen molar-refractivity contribution in [3.8, 4) is 0 Å². The van der Waals surface area contributed by atoms with Crippen LogP contribution >= 0.6 is 0 Å². The molecular weight excluding hydrogens is 219 g/mol. The van der Waals surface area contributed by atoms with Gasteiger partial charge >= 0.3 is 0 Å². The summed E-state index contributed by atoms with van der Waals surface area (Å²) in [6.45, 7) is 2.63. The maximum atomic E-state index is 12.8. The first-order valence-corrected chi connectivity index (χ1v) is 4.99. The van der Waals surface area contributed by atoms with E-state index in [-0.39, 0.29) is 19.1 Å². The van der Waals surface area contributed by atoms with E-state index in [4.69, 9.17) is 5.11 Å². The zero-order valence-electron chi connectivity index (χ0n) is 8.93. The molecule has 1 aromatic carbocycles. The molecule has 5 heteroatoms. The fourth-order valence-electron chi connectivity index (χ4n) is 1.24. The lowest BCUT2D eigenvalue weighted by molar-refractivity contribution is 0.233. The monoisotopic (exact) mass is 233 g/mol. The second-order valence-electron chi connectivity index (χ2n) is 3.79. The third kappa shape index (κ3) is 3.50. The smallest absolute Gasteiger partial charge is 0.194 e. The number of hydrogen-bond donors (Lipinski definition) is 2. The molecule has 90 valence electrons. The first-order valence-electron chi connectivity index (χ1n) is 4.99. The molecule has 1 rings (SSSR count). The number of aliphatic hydroxyl groups is 1. The zero-order chi connectivity index (χ0) is 12.1. The van der Waals surface area contributed by atoms with Gasteiger partial charge in [0.25, 0.3) is 0 Å². The van der Waals surface area contributed by atoms with Crippen molar-refractivity contribution in [2.24, 2.45) is 5.92 Å². The van der Waals surface area contributed by atoms with Crippen LogP contribution in [0, 0.1) is 23.4 Å². The molecule has 0 aliphatic heterocycles. The number of halogens is 3. The first kappa shape index (κ1) is 13.0. The molecule has 2 N–H and O–H groups in total. The highest BCUT2D eigenvalue weighted by Gasteiger charge is 2.10. The second kappa shape index (κ2) is 5.86. The van der Waals surface area contributed by atoms with Crippen molar-refractivity contribution in [2.75, 3.05) is 13.2 Å². The van der Waals surface area contributed by atoms with Crippen LogP contribution in [-0.2, 0) is 6.54 Å². The lowest BCUT2D eigenvalue weighted by Gasteiger charge is -2.09. The molecule has 0 fully saturated rings. The summed E-state index contributed by atoms with van der Waals surface area (Å²) < 4.78 is 38.2. The topological polar surface area (TPSA) is 32.3 Å². The number of benzene rings is 1. The molecule has 1 aromatic rings. The van der Waals surface area contributed by atoms with Crippen molar-refractivity contribution in [1.82, 2.24) is 5.32 Å². The number of nitrogens with one attached hydrogen (secondary N) is 1. The molecule has 0 bridgehead atoms. The molecule has 0 amide bonds. The second-order valence-corrected chi connectivity index (χ2v) is 3.79. The van der Waals surface area contributed by atoms with Gasteiger partial charge in [-0.1, -0.05) is 6.92 Å². The highest BCUT2D eigenvalue weighted by atomic mass is 19.2. The van der Waals surface area contributed by atoms with Gasteiger partial charge in [0.1, 0.15) is 0 Å². The minimum absolute atomic E-state index is 0.0408. The standard InChI is InChI=1S/C11H14F3NO/c1-7(6-16)4-15-5-8-2-9(12)11(14)10(13)3-8/h2-3,7,15-16H,4-6H2,1H3. The van der Waals surface area contributed by atoms with Gasteiger partial charge in [-0.3, -0.25) is 0 Å². The molecule has 0 aromatic heterocycles. The first-order chi connectivity index (χ1) is 7.54. The van der Waals surface area contributed by atoms with Crippen molar-refractivity contribution >= 4 is 0 Å². The Kier molecular flexibility index (Phi) is 4.76. The summed E-state index contributed by atoms with van der Waals surface area (Å²) in [7, 11) is 0. The highest BCUT2D eigenvalue weighted by Crippen LogP contribution is 2.13. The van der Waals surface area contributed by atoms with Crippen molar-refractivity contribution < 1.29 is 18.3 Å². The minimum atomic E-state index is -1.45. The normalized spacial score (nSPS) is 12.8. The van der Waals surface area contributed by atoms with Gasteiger partial charge in [-0.25, -0.2) is 13.2 Å². The number of hydrogen-bond acceptors (Lipinski definition) is 2. The SMILES string of the molecule is CC(CO)CNCc1cc(F)c(F)c(F)c1. The lowest BCUT2D eigenvalue weighted by atomic mass is 10.1. The molecule has 1 unspecified atom stereocenters. The van der Waals surface area contributed by atoms with Crippen LogP contribution in [0.5, 0.6) is 0 Å². The maximum Gasteiger partial charge on any atom is 0.194 e. The van der Waals surface area contributed by atoms with Gasteiger partial charge < -0.3 is 10.4 Å². The Balaban J connectivity index is 2.55. The van der Waals surface area contributed by atoms with Gasteiger partial charge in [-0.05, 0) is 23.6 Å². The van der Waals surface area contributed by atoms with E-state index in [0.717, 1.165) is 12.1 Å². The Morgan fingerprint density at radius 3 is 2.31 bits per heavy atom. The molecule has 0 spiro atoms. The molecule has 1 atom stereocenters. The zero-order valence-corrected chi connectivity index (χ0v) is 8.93. The summed E-state index contributed by atoms with van der Waals surface area (Å²) in [5.74, 6) is -3.76. The van der Waals surface area contributed by atoms with Crippen molar-refractivity contribution in [3.05, 3.63) is 35.1 Å². The average Bonchev–Trinajstić information content (AvgIpc) is 2.25. The van der Waals surface area contributed by atoms with Gasteiger partial charge in [0.15, 0.2) is 17.5 Å². The summed E-state index contributed by atoms with van der Waals surface area (Å²) in [6.07, 6.45) is 0. The van der Waals surface area contributed by atoms with Crippen molar-refractivity contribution in [3.63, 3.8) is 0 Å². The van der Waals surface area contributed by atoms with Crippen LogP contribution in [0.15, 0.2) is 12.1 Å². The van der Waals surface area contributed by atoms with E-state index in [1.54, 1.807) is 0 Å². The third-order valence-corrected chi connectivity index (χ3v) is 2.18. The van der Waals surface area contributed by atoms with Crippen molar-refractivity contribution in [2.45, 2.75) is 13.5 Å². The minimum Gasteiger partial charge on any atom is -0.396 e. The van der Waals surface area contributed by atoms with Gasteiger partial charge in [-0.2, -0.15) is 0 Å². The van der Waals surface area contributed by atoms with E-state index in [2.05, 4.69) is 5.32 Å². The van der Waals surface area contributed by atoms with Crippen LogP contribution < -0.4 is 5.32 Å². The van der Waals surface area contributed by atoms with Crippen molar-refractivity contribution in [1.29, 1.82) is 0 Å². The summed E-state index contributed by atoms with van der Waals surface area (Å²) in [4.78, 5) is 0. The maximum absolute atomic E-state index is 12.8. The Hall–Kier alpha value is -1.07. The van der Waals surface area contributed by atoms with E-state index < -0.39 is 17.5 Å².